The number of aromatic hydroxyl groups is 1. The van der Waals surface area contributed by atoms with Crippen molar-refractivity contribution in [2.24, 2.45) is 0 Å². The lowest BCUT2D eigenvalue weighted by atomic mass is 9.85. The molecule has 34 heavy (non-hydrogen) atoms. The summed E-state index contributed by atoms with van der Waals surface area (Å²) in [4.78, 5) is 0. The molecule has 2 nitrogen and oxygen atoms in total. The first-order valence-corrected chi connectivity index (χ1v) is 11.6. The van der Waals surface area contributed by atoms with Crippen molar-refractivity contribution >= 4 is 16.7 Å². The zero-order chi connectivity index (χ0) is 23.7. The van der Waals surface area contributed by atoms with E-state index in [9.17, 15) is 5.11 Å². The maximum atomic E-state index is 9.71. The first kappa shape index (κ1) is 21.8. The molecule has 0 fully saturated rings. The number of hydrogen-bond acceptors (Lipinski definition) is 2. The van der Waals surface area contributed by atoms with Gasteiger partial charge >= 0.3 is 0 Å². The van der Waals surface area contributed by atoms with E-state index in [4.69, 9.17) is 4.74 Å². The molecule has 5 rings (SSSR count). The highest BCUT2D eigenvalue weighted by Crippen LogP contribution is 2.46. The SMILES string of the molecule is Cc1ccc(C2=C/C(=C(\c3ccccc3)C(C)(C)Oc3ccc(O)cc3)c3ccccc32)cc1. The molecule has 0 radical (unpaired) electrons. The van der Waals surface area contributed by atoms with Crippen molar-refractivity contribution in [3.8, 4) is 11.5 Å². The van der Waals surface area contributed by atoms with E-state index in [-0.39, 0.29) is 5.75 Å². The molecular formula is C32H28O2. The predicted octanol–water partition coefficient (Wildman–Crippen LogP) is 7.91. The second kappa shape index (κ2) is 8.72. The van der Waals surface area contributed by atoms with Gasteiger partial charge in [0.2, 0.25) is 0 Å². The fourth-order valence-corrected chi connectivity index (χ4v) is 4.72. The van der Waals surface area contributed by atoms with Crippen LogP contribution in [0.3, 0.4) is 0 Å². The number of phenols is 1. The summed E-state index contributed by atoms with van der Waals surface area (Å²) >= 11 is 0. The second-order valence-corrected chi connectivity index (χ2v) is 9.23. The molecule has 168 valence electrons. The number of ether oxygens (including phenoxy) is 1. The van der Waals surface area contributed by atoms with Gasteiger partial charge in [-0.25, -0.2) is 0 Å². The molecule has 4 aromatic rings. The standard InChI is InChI=1S/C32H28O2/c1-22-13-15-23(16-14-22)29-21-30(28-12-8-7-11-27(28)29)31(24-9-5-4-6-10-24)32(2,3)34-26-19-17-25(33)18-20-26/h4-21,33H,1-3H3/b31-30-. The molecule has 0 heterocycles. The minimum Gasteiger partial charge on any atom is -0.508 e. The molecule has 0 aliphatic heterocycles. The van der Waals surface area contributed by atoms with Crippen molar-refractivity contribution in [1.82, 2.24) is 0 Å². The molecule has 0 atom stereocenters. The van der Waals surface area contributed by atoms with Crippen LogP contribution in [0.1, 0.15) is 41.7 Å². The lowest BCUT2D eigenvalue weighted by Crippen LogP contribution is -2.30. The van der Waals surface area contributed by atoms with E-state index >= 15 is 0 Å². The summed E-state index contributed by atoms with van der Waals surface area (Å²) in [7, 11) is 0. The van der Waals surface area contributed by atoms with E-state index in [1.807, 2.05) is 6.07 Å². The quantitative estimate of drug-likeness (QED) is 0.339. The van der Waals surface area contributed by atoms with Gasteiger partial charge in [0, 0.05) is 5.57 Å². The van der Waals surface area contributed by atoms with Gasteiger partial charge < -0.3 is 9.84 Å². The van der Waals surface area contributed by atoms with Crippen molar-refractivity contribution in [2.75, 3.05) is 0 Å². The van der Waals surface area contributed by atoms with Crippen LogP contribution in [0.2, 0.25) is 0 Å². The molecule has 0 unspecified atom stereocenters. The van der Waals surface area contributed by atoms with Crippen LogP contribution in [0.15, 0.2) is 109 Å². The van der Waals surface area contributed by atoms with Gasteiger partial charge in [0.1, 0.15) is 17.1 Å². The first-order chi connectivity index (χ1) is 16.4. The molecule has 0 aromatic heterocycles. The number of rotatable bonds is 5. The van der Waals surface area contributed by atoms with Gasteiger partial charge in [-0.1, -0.05) is 84.4 Å². The second-order valence-electron chi connectivity index (χ2n) is 9.23. The minimum absolute atomic E-state index is 0.224. The molecule has 0 spiro atoms. The summed E-state index contributed by atoms with van der Waals surface area (Å²) in [5, 5.41) is 9.71. The van der Waals surface area contributed by atoms with Crippen molar-refractivity contribution in [2.45, 2.75) is 26.4 Å². The number of fused-ring (bicyclic) bond motifs is 1. The molecule has 4 aromatic carbocycles. The maximum Gasteiger partial charge on any atom is 0.130 e. The Morgan fingerprint density at radius 1 is 0.706 bits per heavy atom. The van der Waals surface area contributed by atoms with E-state index in [0.29, 0.717) is 5.75 Å². The van der Waals surface area contributed by atoms with Crippen molar-refractivity contribution < 1.29 is 9.84 Å². The highest BCUT2D eigenvalue weighted by Gasteiger charge is 2.33. The van der Waals surface area contributed by atoms with Crippen molar-refractivity contribution in [3.05, 3.63) is 137 Å². The Kier molecular flexibility index (Phi) is 5.59. The van der Waals surface area contributed by atoms with Crippen LogP contribution >= 0.6 is 0 Å². The normalized spacial score (nSPS) is 14.4. The molecule has 0 amide bonds. The smallest absolute Gasteiger partial charge is 0.130 e. The lowest BCUT2D eigenvalue weighted by molar-refractivity contribution is 0.173. The monoisotopic (exact) mass is 444 g/mol. The predicted molar refractivity (Wildman–Crippen MR) is 141 cm³/mol. The fraction of sp³-hybridized carbons (Fsp3) is 0.125. The van der Waals surface area contributed by atoms with Crippen LogP contribution in [0.4, 0.5) is 0 Å². The van der Waals surface area contributed by atoms with Crippen LogP contribution < -0.4 is 4.74 Å². The summed E-state index contributed by atoms with van der Waals surface area (Å²) in [6.45, 7) is 6.33. The van der Waals surface area contributed by atoms with E-state index in [2.05, 4.69) is 99.6 Å². The Balaban J connectivity index is 1.73. The van der Waals surface area contributed by atoms with E-state index in [1.165, 1.54) is 33.4 Å². The van der Waals surface area contributed by atoms with Crippen molar-refractivity contribution in [3.63, 3.8) is 0 Å². The zero-order valence-corrected chi connectivity index (χ0v) is 19.7. The summed E-state index contributed by atoms with van der Waals surface area (Å²) < 4.78 is 6.56. The molecule has 1 aliphatic carbocycles. The third-order valence-electron chi connectivity index (χ3n) is 6.30. The van der Waals surface area contributed by atoms with Crippen LogP contribution in [-0.2, 0) is 0 Å². The Morgan fingerprint density at radius 3 is 2.00 bits per heavy atom. The summed E-state index contributed by atoms with van der Waals surface area (Å²) in [6, 6.07) is 34.7. The van der Waals surface area contributed by atoms with Gasteiger partial charge in [0.05, 0.1) is 0 Å². The third kappa shape index (κ3) is 4.15. The minimum atomic E-state index is -0.639. The molecule has 0 saturated carbocycles. The van der Waals surface area contributed by atoms with Crippen LogP contribution in [0, 0.1) is 6.92 Å². The highest BCUT2D eigenvalue weighted by molar-refractivity contribution is 6.10. The van der Waals surface area contributed by atoms with Crippen LogP contribution in [-0.4, -0.2) is 10.7 Å². The molecule has 1 N–H and O–H groups in total. The van der Waals surface area contributed by atoms with Crippen molar-refractivity contribution in [1.29, 1.82) is 0 Å². The Bertz CT molecular complexity index is 1370. The van der Waals surface area contributed by atoms with Gasteiger partial charge in [0.15, 0.2) is 0 Å². The number of aryl methyl sites for hydroxylation is 1. The topological polar surface area (TPSA) is 29.5 Å². The Morgan fingerprint density at radius 2 is 1.32 bits per heavy atom. The summed E-state index contributed by atoms with van der Waals surface area (Å²) in [5.74, 6) is 0.938. The first-order valence-electron chi connectivity index (χ1n) is 11.6. The Hall–Kier alpha value is -4.04. The van der Waals surface area contributed by atoms with Crippen LogP contribution in [0.5, 0.6) is 11.5 Å². The molecule has 1 aliphatic rings. The lowest BCUT2D eigenvalue weighted by Gasteiger charge is -2.31. The summed E-state index contributed by atoms with van der Waals surface area (Å²) in [5.41, 5.74) is 8.89. The average molecular weight is 445 g/mol. The number of benzene rings is 4. The van der Waals surface area contributed by atoms with E-state index < -0.39 is 5.60 Å². The van der Waals surface area contributed by atoms with Gasteiger partial charge in [-0.15, -0.1) is 0 Å². The van der Waals surface area contributed by atoms with Gasteiger partial charge in [-0.2, -0.15) is 0 Å². The van der Waals surface area contributed by atoms with Gasteiger partial charge in [-0.05, 0) is 84.5 Å². The van der Waals surface area contributed by atoms with Gasteiger partial charge in [0.25, 0.3) is 0 Å². The molecule has 0 saturated heterocycles. The zero-order valence-electron chi connectivity index (χ0n) is 19.7. The number of phenolic OH excluding ortho intramolecular Hbond substituents is 1. The molecule has 2 heteroatoms. The third-order valence-corrected chi connectivity index (χ3v) is 6.30. The maximum absolute atomic E-state index is 9.71. The van der Waals surface area contributed by atoms with Gasteiger partial charge in [-0.3, -0.25) is 0 Å². The Labute approximate surface area is 201 Å². The fourth-order valence-electron chi connectivity index (χ4n) is 4.72. The number of allylic oxidation sites excluding steroid dienone is 2. The van der Waals surface area contributed by atoms with E-state index in [0.717, 1.165) is 11.1 Å². The average Bonchev–Trinajstić information content (AvgIpc) is 3.21. The van der Waals surface area contributed by atoms with Crippen LogP contribution in [0.25, 0.3) is 16.7 Å². The highest BCUT2D eigenvalue weighted by atomic mass is 16.5. The summed E-state index contributed by atoms with van der Waals surface area (Å²) in [6.07, 6.45) is 2.31. The number of hydrogen-bond donors (Lipinski definition) is 1. The molecule has 0 bridgehead atoms. The van der Waals surface area contributed by atoms with E-state index in [1.54, 1.807) is 24.3 Å². The largest absolute Gasteiger partial charge is 0.508 e. The molecular weight excluding hydrogens is 416 g/mol.